The maximum absolute atomic E-state index is 12.1. The van der Waals surface area contributed by atoms with E-state index in [2.05, 4.69) is 67.1 Å². The molecule has 3 aliphatic carbocycles. The summed E-state index contributed by atoms with van der Waals surface area (Å²) in [5.41, 5.74) is 1.95. The van der Waals surface area contributed by atoms with E-state index >= 15 is 0 Å². The zero-order valence-electron chi connectivity index (χ0n) is 9.19. The number of halogens is 3. The third-order valence-electron chi connectivity index (χ3n) is 5.02. The summed E-state index contributed by atoms with van der Waals surface area (Å²) in [6.07, 6.45) is 1.90. The monoisotopic (exact) mass is 416 g/mol. The van der Waals surface area contributed by atoms with Crippen molar-refractivity contribution in [2.45, 2.75) is 35.3 Å². The Morgan fingerprint density at radius 1 is 1.44 bits per heavy atom. The molecule has 92 valence electrons. The summed E-state index contributed by atoms with van der Waals surface area (Å²) in [4.78, 5) is 12.2. The van der Waals surface area contributed by atoms with Gasteiger partial charge in [-0.2, -0.15) is 0 Å². The summed E-state index contributed by atoms with van der Waals surface area (Å²) in [5, 5.41) is 0. The Balaban J connectivity index is 2.46. The van der Waals surface area contributed by atoms with E-state index in [4.69, 9.17) is 5.84 Å². The second-order valence-electron chi connectivity index (χ2n) is 5.27. The Morgan fingerprint density at radius 3 is 2.31 bits per heavy atom. The number of alkyl halides is 3. The van der Waals surface area contributed by atoms with Crippen molar-refractivity contribution in [2.75, 3.05) is 0 Å². The Hall–Kier alpha value is 0.870. The number of hydrogen-bond acceptors (Lipinski definition) is 2. The van der Waals surface area contributed by atoms with Crippen LogP contribution >= 0.6 is 47.8 Å². The zero-order valence-corrected chi connectivity index (χ0v) is 13.9. The fraction of sp³-hybridized carbons (Fsp3) is 0.900. The van der Waals surface area contributed by atoms with E-state index in [9.17, 15) is 4.79 Å². The average Bonchev–Trinajstić information content (AvgIpc) is 2.66. The Kier molecular flexibility index (Phi) is 3.06. The molecule has 0 aromatic heterocycles. The number of amides is 1. The van der Waals surface area contributed by atoms with Crippen LogP contribution in [0.4, 0.5) is 0 Å². The molecule has 0 aliphatic heterocycles. The molecule has 3 N–H and O–H groups in total. The lowest BCUT2D eigenvalue weighted by Gasteiger charge is -2.65. The van der Waals surface area contributed by atoms with E-state index in [-0.39, 0.29) is 30.7 Å². The highest BCUT2D eigenvalue weighted by molar-refractivity contribution is 9.24. The fourth-order valence-electron chi connectivity index (χ4n) is 3.83. The van der Waals surface area contributed by atoms with Crippen LogP contribution in [0.2, 0.25) is 0 Å². The van der Waals surface area contributed by atoms with E-state index in [0.717, 1.165) is 12.8 Å². The van der Waals surface area contributed by atoms with Crippen LogP contribution < -0.4 is 11.3 Å². The van der Waals surface area contributed by atoms with Crippen molar-refractivity contribution in [1.29, 1.82) is 0 Å². The molecule has 0 aromatic rings. The first-order valence-electron chi connectivity index (χ1n) is 5.22. The highest BCUT2D eigenvalue weighted by Crippen LogP contribution is 2.82. The van der Waals surface area contributed by atoms with Crippen molar-refractivity contribution in [3.8, 4) is 0 Å². The number of carbonyl (C=O) groups is 1. The number of nitrogens with two attached hydrogens (primary N) is 1. The lowest BCUT2D eigenvalue weighted by Crippen LogP contribution is -2.72. The standard InChI is InChI=1S/C10H15Br3N2O/c1-8(2)9(6(12)13)3-4-10(8,5(9)11)7(16)15-14/h5-6H,3-4,14H2,1-2H3,(H,15,16)/t5-,9-,10-/m1/s1. The quantitative estimate of drug-likeness (QED) is 0.313. The summed E-state index contributed by atoms with van der Waals surface area (Å²) in [6, 6.07) is 0. The first kappa shape index (κ1) is 13.3. The van der Waals surface area contributed by atoms with Gasteiger partial charge in [-0.15, -0.1) is 0 Å². The summed E-state index contributed by atoms with van der Waals surface area (Å²) in [6.45, 7) is 4.31. The number of rotatable bonds is 2. The predicted octanol–water partition coefficient (Wildman–Crippen LogP) is 2.66. The number of hydrazine groups is 1. The summed E-state index contributed by atoms with van der Waals surface area (Å²) in [7, 11) is 0. The van der Waals surface area contributed by atoms with Crippen LogP contribution in [0.25, 0.3) is 0 Å². The van der Waals surface area contributed by atoms with Crippen molar-refractivity contribution >= 4 is 53.7 Å². The molecular formula is C10H15Br3N2O. The van der Waals surface area contributed by atoms with Crippen LogP contribution in [0.15, 0.2) is 0 Å². The molecule has 3 atom stereocenters. The number of nitrogens with one attached hydrogen (secondary N) is 1. The van der Waals surface area contributed by atoms with Gasteiger partial charge in [0.05, 0.1) is 9.15 Å². The average molecular weight is 419 g/mol. The molecule has 16 heavy (non-hydrogen) atoms. The van der Waals surface area contributed by atoms with Crippen molar-refractivity contribution < 1.29 is 4.79 Å². The van der Waals surface area contributed by atoms with E-state index in [0.29, 0.717) is 0 Å². The molecular weight excluding hydrogens is 404 g/mol. The maximum atomic E-state index is 12.1. The Labute approximate surface area is 121 Å². The van der Waals surface area contributed by atoms with Crippen molar-refractivity contribution in [2.24, 2.45) is 22.1 Å². The van der Waals surface area contributed by atoms with Crippen molar-refractivity contribution in [1.82, 2.24) is 5.43 Å². The number of hydrogen-bond donors (Lipinski definition) is 2. The maximum Gasteiger partial charge on any atom is 0.241 e. The van der Waals surface area contributed by atoms with E-state index < -0.39 is 0 Å². The smallest absolute Gasteiger partial charge is 0.241 e. The molecule has 3 aliphatic rings. The van der Waals surface area contributed by atoms with Gasteiger partial charge in [0.15, 0.2) is 0 Å². The molecule has 3 fully saturated rings. The van der Waals surface area contributed by atoms with Gasteiger partial charge in [-0.1, -0.05) is 61.6 Å². The van der Waals surface area contributed by atoms with E-state index in [1.54, 1.807) is 0 Å². The van der Waals surface area contributed by atoms with Gasteiger partial charge in [0.25, 0.3) is 0 Å². The third kappa shape index (κ3) is 1.06. The second-order valence-corrected chi connectivity index (χ2v) is 9.25. The number of fused-ring (bicyclic) bond motifs is 1. The lowest BCUT2D eigenvalue weighted by atomic mass is 9.43. The van der Waals surface area contributed by atoms with Gasteiger partial charge in [0.2, 0.25) is 5.91 Å². The molecule has 3 rings (SSSR count). The van der Waals surface area contributed by atoms with E-state index in [1.165, 1.54) is 0 Å². The van der Waals surface area contributed by atoms with Crippen molar-refractivity contribution in [3.63, 3.8) is 0 Å². The van der Waals surface area contributed by atoms with E-state index in [1.807, 2.05) is 0 Å². The lowest BCUT2D eigenvalue weighted by molar-refractivity contribution is -0.161. The second kappa shape index (κ2) is 3.68. The van der Waals surface area contributed by atoms with Gasteiger partial charge >= 0.3 is 0 Å². The highest BCUT2D eigenvalue weighted by Gasteiger charge is 2.83. The highest BCUT2D eigenvalue weighted by atomic mass is 79.9. The molecule has 3 saturated carbocycles. The van der Waals surface area contributed by atoms with Gasteiger partial charge in [-0.05, 0) is 18.3 Å². The molecule has 1 amide bonds. The van der Waals surface area contributed by atoms with Crippen molar-refractivity contribution in [3.05, 3.63) is 0 Å². The minimum Gasteiger partial charge on any atom is -0.294 e. The van der Waals surface area contributed by atoms with Gasteiger partial charge < -0.3 is 0 Å². The summed E-state index contributed by atoms with van der Waals surface area (Å²) < 4.78 is 0.202. The van der Waals surface area contributed by atoms with Crippen LogP contribution in [0.1, 0.15) is 26.7 Å². The SMILES string of the molecule is CC1(C)[C@]2(C(=O)NN)CC[C@]1(C(Br)Br)[C@H]2Br. The molecule has 0 heterocycles. The minimum atomic E-state index is -0.373. The molecule has 0 saturated heterocycles. The molecule has 3 nitrogen and oxygen atoms in total. The van der Waals surface area contributed by atoms with Crippen LogP contribution in [-0.4, -0.2) is 14.5 Å². The molecule has 0 spiro atoms. The third-order valence-corrected chi connectivity index (χ3v) is 8.26. The topological polar surface area (TPSA) is 55.1 Å². The predicted molar refractivity (Wildman–Crippen MR) is 74.6 cm³/mol. The first-order chi connectivity index (χ1) is 7.29. The molecule has 0 aromatic carbocycles. The number of carbonyl (C=O) groups excluding carboxylic acids is 1. The molecule has 0 unspecified atom stereocenters. The molecule has 6 heteroatoms. The van der Waals surface area contributed by atoms with Gasteiger partial charge in [-0.25, -0.2) is 5.84 Å². The summed E-state index contributed by atoms with van der Waals surface area (Å²) >= 11 is 11.0. The van der Waals surface area contributed by atoms with Gasteiger partial charge in [0, 0.05) is 10.2 Å². The Morgan fingerprint density at radius 2 is 2.00 bits per heavy atom. The van der Waals surface area contributed by atoms with Gasteiger partial charge in [-0.3, -0.25) is 10.2 Å². The minimum absolute atomic E-state index is 0.0480. The Bertz CT molecular complexity index is 347. The molecule has 0 radical (unpaired) electrons. The van der Waals surface area contributed by atoms with Gasteiger partial charge in [0.1, 0.15) is 0 Å². The van der Waals surface area contributed by atoms with Crippen LogP contribution in [0.5, 0.6) is 0 Å². The summed E-state index contributed by atoms with van der Waals surface area (Å²) in [5.74, 6) is 5.27. The van der Waals surface area contributed by atoms with Crippen LogP contribution in [-0.2, 0) is 4.79 Å². The zero-order chi connectivity index (χ0) is 12.4. The van der Waals surface area contributed by atoms with Crippen LogP contribution in [0, 0.1) is 16.2 Å². The molecule has 2 bridgehead atoms. The largest absolute Gasteiger partial charge is 0.294 e. The first-order valence-corrected chi connectivity index (χ1v) is 7.97. The fourth-order valence-corrected chi connectivity index (χ4v) is 8.74. The normalized spacial score (nSPS) is 44.3. The van der Waals surface area contributed by atoms with Crippen LogP contribution in [0.3, 0.4) is 0 Å².